The van der Waals surface area contributed by atoms with Crippen molar-refractivity contribution in [1.29, 1.82) is 0 Å². The van der Waals surface area contributed by atoms with Crippen molar-refractivity contribution in [1.82, 2.24) is 10.2 Å². The van der Waals surface area contributed by atoms with E-state index in [1.807, 2.05) is 20.8 Å². The topological polar surface area (TPSA) is 75.4 Å². The summed E-state index contributed by atoms with van der Waals surface area (Å²) in [7, 11) is 0. The highest BCUT2D eigenvalue weighted by molar-refractivity contribution is 5.83. The largest absolute Gasteiger partial charge is 0.356 e. The number of nitrogens with two attached hydrogens (primary N) is 1. The van der Waals surface area contributed by atoms with E-state index >= 15 is 0 Å². The third-order valence-electron chi connectivity index (χ3n) is 3.53. The molecule has 0 aromatic rings. The average molecular weight is 255 g/mol. The molecule has 0 aliphatic carbocycles. The van der Waals surface area contributed by atoms with Gasteiger partial charge in [-0.3, -0.25) is 9.59 Å². The molecule has 0 bridgehead atoms. The lowest BCUT2D eigenvalue weighted by atomic mass is 9.94. The zero-order valence-corrected chi connectivity index (χ0v) is 11.6. The fourth-order valence-corrected chi connectivity index (χ4v) is 2.18. The predicted octanol–water partition coefficient (Wildman–Crippen LogP) is 0.344. The monoisotopic (exact) mass is 255 g/mol. The van der Waals surface area contributed by atoms with Crippen molar-refractivity contribution in [3.63, 3.8) is 0 Å². The van der Waals surface area contributed by atoms with Crippen LogP contribution in [0.15, 0.2) is 0 Å². The van der Waals surface area contributed by atoms with Gasteiger partial charge < -0.3 is 16.0 Å². The van der Waals surface area contributed by atoms with Gasteiger partial charge in [-0.15, -0.1) is 0 Å². The molecule has 0 spiro atoms. The number of amides is 2. The number of piperidine rings is 1. The van der Waals surface area contributed by atoms with E-state index in [1.165, 1.54) is 0 Å². The molecule has 104 valence electrons. The minimum absolute atomic E-state index is 0.0133. The number of carbonyl (C=O) groups excluding carboxylic acids is 2. The summed E-state index contributed by atoms with van der Waals surface area (Å²) in [4.78, 5) is 25.5. The molecule has 0 radical (unpaired) electrons. The second kappa shape index (κ2) is 6.73. The smallest absolute Gasteiger partial charge is 0.239 e. The summed E-state index contributed by atoms with van der Waals surface area (Å²) in [5.41, 5.74) is 5.86. The summed E-state index contributed by atoms with van der Waals surface area (Å²) >= 11 is 0. The van der Waals surface area contributed by atoms with Crippen LogP contribution in [0.2, 0.25) is 0 Å². The molecule has 3 N–H and O–H groups in total. The summed E-state index contributed by atoms with van der Waals surface area (Å²) in [5.74, 6) is 0.319. The molecule has 0 aromatic heterocycles. The van der Waals surface area contributed by atoms with Gasteiger partial charge in [0.1, 0.15) is 0 Å². The minimum atomic E-state index is -0.425. The lowest BCUT2D eigenvalue weighted by molar-refractivity contribution is -0.137. The minimum Gasteiger partial charge on any atom is -0.356 e. The third kappa shape index (κ3) is 3.70. The fraction of sp³-hybridized carbons (Fsp3) is 0.846. The molecule has 0 unspecified atom stereocenters. The number of rotatable bonds is 4. The van der Waals surface area contributed by atoms with Crippen molar-refractivity contribution in [2.45, 2.75) is 39.7 Å². The number of carbonyl (C=O) groups is 2. The van der Waals surface area contributed by atoms with Gasteiger partial charge in [0.15, 0.2) is 0 Å². The van der Waals surface area contributed by atoms with Crippen LogP contribution in [0.4, 0.5) is 0 Å². The van der Waals surface area contributed by atoms with Crippen molar-refractivity contribution in [2.24, 2.45) is 17.6 Å². The Morgan fingerprint density at radius 3 is 2.33 bits per heavy atom. The van der Waals surface area contributed by atoms with E-state index in [2.05, 4.69) is 5.32 Å². The molecule has 5 nitrogen and oxygen atoms in total. The van der Waals surface area contributed by atoms with Crippen LogP contribution in [0.25, 0.3) is 0 Å². The summed E-state index contributed by atoms with van der Waals surface area (Å²) in [5, 5.41) is 2.83. The van der Waals surface area contributed by atoms with Gasteiger partial charge >= 0.3 is 0 Å². The van der Waals surface area contributed by atoms with Crippen molar-refractivity contribution < 1.29 is 9.59 Å². The van der Waals surface area contributed by atoms with E-state index in [1.54, 1.807) is 4.90 Å². The van der Waals surface area contributed by atoms with E-state index < -0.39 is 6.04 Å². The third-order valence-corrected chi connectivity index (χ3v) is 3.53. The second-order valence-electron chi connectivity index (χ2n) is 5.26. The summed E-state index contributed by atoms with van der Waals surface area (Å²) in [6, 6.07) is -0.425. The molecule has 5 heteroatoms. The number of hydrogen-bond acceptors (Lipinski definition) is 3. The van der Waals surface area contributed by atoms with Gasteiger partial charge in [0.25, 0.3) is 0 Å². The molecule has 1 saturated heterocycles. The predicted molar refractivity (Wildman–Crippen MR) is 70.8 cm³/mol. The van der Waals surface area contributed by atoms with Crippen LogP contribution in [0.1, 0.15) is 33.6 Å². The van der Waals surface area contributed by atoms with Crippen LogP contribution < -0.4 is 11.1 Å². The van der Waals surface area contributed by atoms with Crippen LogP contribution in [0.5, 0.6) is 0 Å². The van der Waals surface area contributed by atoms with Crippen LogP contribution in [-0.2, 0) is 9.59 Å². The van der Waals surface area contributed by atoms with Crippen molar-refractivity contribution in [3.8, 4) is 0 Å². The van der Waals surface area contributed by atoms with E-state index in [4.69, 9.17) is 5.73 Å². The Morgan fingerprint density at radius 1 is 1.33 bits per heavy atom. The normalized spacial score (nSPS) is 18.8. The maximum Gasteiger partial charge on any atom is 0.239 e. The summed E-state index contributed by atoms with van der Waals surface area (Å²) in [6.45, 7) is 7.75. The maximum atomic E-state index is 12.0. The van der Waals surface area contributed by atoms with Crippen molar-refractivity contribution in [3.05, 3.63) is 0 Å². The molecular formula is C13H25N3O2. The van der Waals surface area contributed by atoms with Gasteiger partial charge in [-0.25, -0.2) is 0 Å². The molecule has 2 amide bonds. The van der Waals surface area contributed by atoms with E-state index in [-0.39, 0.29) is 23.7 Å². The molecule has 0 aromatic carbocycles. The summed E-state index contributed by atoms with van der Waals surface area (Å²) in [6.07, 6.45) is 1.48. The zero-order valence-electron chi connectivity index (χ0n) is 11.6. The number of likely N-dealkylation sites (tertiary alicyclic amines) is 1. The highest BCUT2D eigenvalue weighted by atomic mass is 16.2. The van der Waals surface area contributed by atoms with E-state index in [9.17, 15) is 9.59 Å². The quantitative estimate of drug-likeness (QED) is 0.761. The lowest BCUT2D eigenvalue weighted by Crippen LogP contribution is -2.50. The Hall–Kier alpha value is -1.10. The number of nitrogens with zero attached hydrogens (tertiary/aromatic N) is 1. The van der Waals surface area contributed by atoms with Crippen LogP contribution in [-0.4, -0.2) is 42.4 Å². The molecular weight excluding hydrogens is 230 g/mol. The first-order valence-electron chi connectivity index (χ1n) is 6.79. The first kappa shape index (κ1) is 15.0. The molecule has 1 aliphatic rings. The number of hydrogen-bond donors (Lipinski definition) is 2. The molecule has 1 rings (SSSR count). The van der Waals surface area contributed by atoms with Crippen LogP contribution in [0.3, 0.4) is 0 Å². The highest BCUT2D eigenvalue weighted by Gasteiger charge is 2.30. The first-order chi connectivity index (χ1) is 8.47. The Kier molecular flexibility index (Phi) is 5.59. The fourth-order valence-electron chi connectivity index (χ4n) is 2.18. The van der Waals surface area contributed by atoms with Crippen LogP contribution >= 0.6 is 0 Å². The van der Waals surface area contributed by atoms with Gasteiger partial charge in [0.05, 0.1) is 6.04 Å². The zero-order chi connectivity index (χ0) is 13.7. The van der Waals surface area contributed by atoms with Gasteiger partial charge in [-0.05, 0) is 25.7 Å². The molecule has 1 fully saturated rings. The van der Waals surface area contributed by atoms with E-state index in [0.29, 0.717) is 19.6 Å². The highest BCUT2D eigenvalue weighted by Crippen LogP contribution is 2.18. The first-order valence-corrected chi connectivity index (χ1v) is 6.79. The summed E-state index contributed by atoms with van der Waals surface area (Å²) < 4.78 is 0. The maximum absolute atomic E-state index is 12.0. The number of nitrogens with one attached hydrogen (secondary N) is 1. The Balaban J connectivity index is 2.44. The lowest BCUT2D eigenvalue weighted by Gasteiger charge is -2.33. The van der Waals surface area contributed by atoms with Crippen molar-refractivity contribution in [2.75, 3.05) is 19.6 Å². The van der Waals surface area contributed by atoms with Gasteiger partial charge in [0.2, 0.25) is 11.8 Å². The van der Waals surface area contributed by atoms with Gasteiger partial charge in [-0.1, -0.05) is 13.8 Å². The Morgan fingerprint density at radius 2 is 1.89 bits per heavy atom. The van der Waals surface area contributed by atoms with E-state index in [0.717, 1.165) is 12.8 Å². The molecule has 0 saturated carbocycles. The van der Waals surface area contributed by atoms with Gasteiger partial charge in [0, 0.05) is 25.6 Å². The molecule has 1 atom stereocenters. The second-order valence-corrected chi connectivity index (χ2v) is 5.26. The molecule has 18 heavy (non-hydrogen) atoms. The van der Waals surface area contributed by atoms with Crippen LogP contribution in [0, 0.1) is 11.8 Å². The molecule has 1 aliphatic heterocycles. The van der Waals surface area contributed by atoms with Crippen molar-refractivity contribution >= 4 is 11.8 Å². The Bertz CT molecular complexity index is 297. The standard InChI is InChI=1S/C13H25N3O2/c1-4-15-12(17)10-5-7-16(8-6-10)13(18)11(14)9(2)3/h9-11H,4-8,14H2,1-3H3,(H,15,17)/t11-/m1/s1. The molecule has 1 heterocycles. The average Bonchev–Trinajstić information content (AvgIpc) is 2.37. The van der Waals surface area contributed by atoms with Gasteiger partial charge in [-0.2, -0.15) is 0 Å². The SMILES string of the molecule is CCNC(=O)C1CCN(C(=O)[C@H](N)C(C)C)CC1. The Labute approximate surface area is 109 Å².